The summed E-state index contributed by atoms with van der Waals surface area (Å²) in [5.41, 5.74) is 1.00. The van der Waals surface area contributed by atoms with Gasteiger partial charge < -0.3 is 24.4 Å². The molecule has 9 nitrogen and oxygen atoms in total. The minimum absolute atomic E-state index is 0.199. The van der Waals surface area contributed by atoms with Crippen LogP contribution in [-0.4, -0.2) is 61.3 Å². The third-order valence-corrected chi connectivity index (χ3v) is 3.87. The summed E-state index contributed by atoms with van der Waals surface area (Å²) in [6, 6.07) is 3.30. The maximum absolute atomic E-state index is 11.6. The van der Waals surface area contributed by atoms with E-state index in [1.54, 1.807) is 19.2 Å². The number of methoxy groups -OCH3 is 2. The van der Waals surface area contributed by atoms with Crippen molar-refractivity contribution in [3.8, 4) is 11.6 Å². The predicted molar refractivity (Wildman–Crippen MR) is 93.6 cm³/mol. The van der Waals surface area contributed by atoms with Crippen molar-refractivity contribution < 1.29 is 19.0 Å². The number of carbonyl (C=O) groups excluding carboxylic acids is 1. The van der Waals surface area contributed by atoms with Gasteiger partial charge in [-0.2, -0.15) is 4.98 Å². The molecule has 0 unspecified atom stereocenters. The van der Waals surface area contributed by atoms with Gasteiger partial charge in [0.15, 0.2) is 0 Å². The molecule has 0 radical (unpaired) electrons. The van der Waals surface area contributed by atoms with Gasteiger partial charge in [0.05, 0.1) is 31.7 Å². The molecule has 0 amide bonds. The van der Waals surface area contributed by atoms with E-state index >= 15 is 0 Å². The van der Waals surface area contributed by atoms with E-state index in [9.17, 15) is 4.79 Å². The summed E-state index contributed by atoms with van der Waals surface area (Å²) < 4.78 is 15.7. The maximum atomic E-state index is 11.6. The molecule has 1 fully saturated rings. The number of nitrogens with one attached hydrogen (secondary N) is 1. The number of ether oxygens (including phenoxy) is 3. The number of anilines is 1. The molecule has 0 saturated carbocycles. The summed E-state index contributed by atoms with van der Waals surface area (Å²) in [5, 5.41) is 3.30. The lowest BCUT2D eigenvalue weighted by Crippen LogP contribution is -2.44. The molecule has 1 aliphatic rings. The highest BCUT2D eigenvalue weighted by molar-refractivity contribution is 5.89. The van der Waals surface area contributed by atoms with Gasteiger partial charge in [-0.25, -0.2) is 9.78 Å². The molecular formula is C17H21N5O4. The van der Waals surface area contributed by atoms with E-state index in [1.165, 1.54) is 19.5 Å². The Morgan fingerprint density at radius 1 is 1.19 bits per heavy atom. The zero-order chi connectivity index (χ0) is 18.4. The van der Waals surface area contributed by atoms with Gasteiger partial charge in [-0.3, -0.25) is 4.98 Å². The molecule has 1 aliphatic heterocycles. The summed E-state index contributed by atoms with van der Waals surface area (Å²) in [7, 11) is 2.89. The van der Waals surface area contributed by atoms with Crippen LogP contribution in [0.2, 0.25) is 0 Å². The fourth-order valence-corrected chi connectivity index (χ4v) is 2.53. The van der Waals surface area contributed by atoms with Gasteiger partial charge in [0, 0.05) is 38.4 Å². The molecule has 0 bridgehead atoms. The van der Waals surface area contributed by atoms with E-state index in [1.807, 2.05) is 0 Å². The minimum atomic E-state index is -0.465. The lowest BCUT2D eigenvalue weighted by Gasteiger charge is -2.27. The molecule has 0 aromatic carbocycles. The Bertz CT molecular complexity index is 765. The van der Waals surface area contributed by atoms with E-state index < -0.39 is 5.97 Å². The quantitative estimate of drug-likeness (QED) is 0.746. The molecular weight excluding hydrogens is 338 g/mol. The molecule has 0 atom stereocenters. The van der Waals surface area contributed by atoms with Gasteiger partial charge in [-0.05, 0) is 6.07 Å². The minimum Gasteiger partial charge on any atom is -0.486 e. The van der Waals surface area contributed by atoms with Crippen molar-refractivity contribution in [2.75, 3.05) is 45.3 Å². The second-order valence-electron chi connectivity index (χ2n) is 5.63. The maximum Gasteiger partial charge on any atom is 0.339 e. The fraction of sp³-hybridized carbons (Fsp3) is 0.412. The van der Waals surface area contributed by atoms with Crippen molar-refractivity contribution in [1.29, 1.82) is 0 Å². The number of esters is 1. The average molecular weight is 359 g/mol. The van der Waals surface area contributed by atoms with Crippen molar-refractivity contribution in [3.05, 3.63) is 35.8 Å². The molecule has 2 aromatic heterocycles. The van der Waals surface area contributed by atoms with Crippen LogP contribution in [0.1, 0.15) is 16.1 Å². The Hall–Kier alpha value is -2.94. The largest absolute Gasteiger partial charge is 0.486 e. The third kappa shape index (κ3) is 4.37. The van der Waals surface area contributed by atoms with Crippen molar-refractivity contribution in [2.24, 2.45) is 0 Å². The molecule has 26 heavy (non-hydrogen) atoms. The first kappa shape index (κ1) is 17.9. The Morgan fingerprint density at radius 2 is 2.00 bits per heavy atom. The molecule has 1 N–H and O–H groups in total. The van der Waals surface area contributed by atoms with Gasteiger partial charge in [0.25, 0.3) is 0 Å². The van der Waals surface area contributed by atoms with Crippen LogP contribution in [-0.2, 0) is 11.3 Å². The number of nitrogens with zero attached hydrogens (tertiary/aromatic N) is 4. The number of pyridine rings is 1. The van der Waals surface area contributed by atoms with Crippen LogP contribution < -0.4 is 19.7 Å². The van der Waals surface area contributed by atoms with Crippen LogP contribution in [0.4, 0.5) is 5.95 Å². The van der Waals surface area contributed by atoms with Gasteiger partial charge in [-0.15, -0.1) is 0 Å². The molecule has 2 aromatic rings. The van der Waals surface area contributed by atoms with Gasteiger partial charge in [-0.1, -0.05) is 0 Å². The standard InChI is InChI=1S/C17H21N5O4/c1-24-15-8-13(20-17(21-15)22-5-3-18-4-6-22)11-26-14-7-12(9-19-10-14)16(23)25-2/h7-10,18H,3-6,11H2,1-2H3. The number of aromatic nitrogens is 3. The van der Waals surface area contributed by atoms with E-state index in [2.05, 4.69) is 29.9 Å². The average Bonchev–Trinajstić information content (AvgIpc) is 2.72. The second kappa shape index (κ2) is 8.43. The smallest absolute Gasteiger partial charge is 0.339 e. The number of hydrogen-bond donors (Lipinski definition) is 1. The molecule has 1 saturated heterocycles. The topological polar surface area (TPSA) is 98.7 Å². The fourth-order valence-electron chi connectivity index (χ4n) is 2.53. The number of piperazine rings is 1. The zero-order valence-electron chi connectivity index (χ0n) is 14.8. The van der Waals surface area contributed by atoms with Gasteiger partial charge in [0.2, 0.25) is 11.8 Å². The number of carbonyl (C=O) groups is 1. The van der Waals surface area contributed by atoms with E-state index in [0.717, 1.165) is 26.2 Å². The molecule has 0 spiro atoms. The Labute approximate surface area is 151 Å². The van der Waals surface area contributed by atoms with Gasteiger partial charge >= 0.3 is 5.97 Å². The number of hydrogen-bond acceptors (Lipinski definition) is 9. The summed E-state index contributed by atoms with van der Waals surface area (Å²) in [5.74, 6) is 1.08. The van der Waals surface area contributed by atoms with Crippen molar-refractivity contribution in [1.82, 2.24) is 20.3 Å². The first-order chi connectivity index (χ1) is 12.7. The van der Waals surface area contributed by atoms with Crippen molar-refractivity contribution in [2.45, 2.75) is 6.61 Å². The van der Waals surface area contributed by atoms with Crippen molar-refractivity contribution >= 4 is 11.9 Å². The zero-order valence-corrected chi connectivity index (χ0v) is 14.8. The van der Waals surface area contributed by atoms with Crippen molar-refractivity contribution in [3.63, 3.8) is 0 Å². The lowest BCUT2D eigenvalue weighted by molar-refractivity contribution is 0.0599. The highest BCUT2D eigenvalue weighted by atomic mass is 16.5. The second-order valence-corrected chi connectivity index (χ2v) is 5.63. The highest BCUT2D eigenvalue weighted by Gasteiger charge is 2.16. The van der Waals surface area contributed by atoms with E-state index in [4.69, 9.17) is 9.47 Å². The van der Waals surface area contributed by atoms with Crippen LogP contribution >= 0.6 is 0 Å². The van der Waals surface area contributed by atoms with E-state index in [0.29, 0.717) is 28.8 Å². The van der Waals surface area contributed by atoms with E-state index in [-0.39, 0.29) is 6.61 Å². The third-order valence-electron chi connectivity index (χ3n) is 3.87. The molecule has 3 heterocycles. The van der Waals surface area contributed by atoms with Gasteiger partial charge in [0.1, 0.15) is 12.4 Å². The summed E-state index contributed by atoms with van der Waals surface area (Å²) >= 11 is 0. The Morgan fingerprint density at radius 3 is 2.73 bits per heavy atom. The van der Waals surface area contributed by atoms with Crippen LogP contribution in [0.25, 0.3) is 0 Å². The SMILES string of the molecule is COC(=O)c1cncc(OCc2cc(OC)nc(N3CCNCC3)n2)c1. The summed E-state index contributed by atoms with van der Waals surface area (Å²) in [6.45, 7) is 3.64. The van der Waals surface area contributed by atoms with Crippen LogP contribution in [0.15, 0.2) is 24.5 Å². The molecule has 138 valence electrons. The normalized spacial score (nSPS) is 14.0. The number of rotatable bonds is 6. The lowest BCUT2D eigenvalue weighted by atomic mass is 10.3. The highest BCUT2D eigenvalue weighted by Crippen LogP contribution is 2.18. The molecule has 3 rings (SSSR count). The summed E-state index contributed by atoms with van der Waals surface area (Å²) in [4.78, 5) is 26.6. The van der Waals surface area contributed by atoms with Crippen LogP contribution in [0.3, 0.4) is 0 Å². The van der Waals surface area contributed by atoms with Crippen LogP contribution in [0.5, 0.6) is 11.6 Å². The molecule has 0 aliphatic carbocycles. The first-order valence-electron chi connectivity index (χ1n) is 8.23. The van der Waals surface area contributed by atoms with Crippen LogP contribution in [0, 0.1) is 0 Å². The molecule has 9 heteroatoms. The summed E-state index contributed by atoms with van der Waals surface area (Å²) in [6.07, 6.45) is 2.96. The monoisotopic (exact) mass is 359 g/mol. The first-order valence-corrected chi connectivity index (χ1v) is 8.23. The predicted octanol–water partition coefficient (Wildman–Crippen LogP) is 0.655. The Balaban J connectivity index is 1.74. The Kier molecular flexibility index (Phi) is 5.80.